The summed E-state index contributed by atoms with van der Waals surface area (Å²) in [6.07, 6.45) is 0. The molecule has 0 aliphatic heterocycles. The van der Waals surface area contributed by atoms with Gasteiger partial charge in [-0.05, 0) is 42.3 Å². The van der Waals surface area contributed by atoms with Gasteiger partial charge in [-0.2, -0.15) is 0 Å². The molecule has 0 bridgehead atoms. The number of rotatable bonds is 8. The third-order valence-corrected chi connectivity index (χ3v) is 6.72. The Kier molecular flexibility index (Phi) is 7.20. The van der Waals surface area contributed by atoms with Gasteiger partial charge in [-0.1, -0.05) is 52.0 Å². The fraction of sp³-hybridized carbons (Fsp3) is 0.263. The maximum absolute atomic E-state index is 13.0. The van der Waals surface area contributed by atoms with E-state index in [2.05, 4.69) is 26.1 Å². The lowest BCUT2D eigenvalue weighted by Gasteiger charge is -2.08. The van der Waals surface area contributed by atoms with Crippen LogP contribution in [0.3, 0.4) is 0 Å². The Hall–Kier alpha value is -1.51. The highest BCUT2D eigenvalue weighted by Crippen LogP contribution is 2.23. The van der Waals surface area contributed by atoms with E-state index in [-0.39, 0.29) is 5.82 Å². The van der Waals surface area contributed by atoms with Crippen molar-refractivity contribution in [2.45, 2.75) is 35.9 Å². The van der Waals surface area contributed by atoms with Crippen LogP contribution in [0.25, 0.3) is 0 Å². The Morgan fingerprint density at radius 2 is 1.70 bits per heavy atom. The van der Waals surface area contributed by atoms with E-state index in [1.807, 2.05) is 35.8 Å². The summed E-state index contributed by atoms with van der Waals surface area (Å²) in [6.45, 7) is 2.73. The van der Waals surface area contributed by atoms with Crippen molar-refractivity contribution in [2.24, 2.45) is 0 Å². The lowest BCUT2D eigenvalue weighted by Crippen LogP contribution is -2.08. The molecule has 1 atom stereocenters. The molecule has 0 N–H and O–H groups in total. The predicted molar refractivity (Wildman–Crippen MR) is 111 cm³/mol. The number of benzene rings is 2. The van der Waals surface area contributed by atoms with E-state index in [0.29, 0.717) is 23.8 Å². The molecule has 1 aromatic heterocycles. The van der Waals surface area contributed by atoms with Crippen LogP contribution in [-0.4, -0.2) is 19.0 Å². The van der Waals surface area contributed by atoms with E-state index in [1.165, 1.54) is 12.1 Å². The van der Waals surface area contributed by atoms with Crippen LogP contribution >= 0.6 is 27.7 Å². The number of aromatic nitrogens is 3. The first-order valence-corrected chi connectivity index (χ1v) is 11.7. The van der Waals surface area contributed by atoms with Gasteiger partial charge in [-0.15, -0.1) is 10.2 Å². The molecule has 142 valence electrons. The zero-order valence-corrected chi connectivity index (χ0v) is 18.0. The molecule has 3 aromatic rings. The van der Waals surface area contributed by atoms with Crippen molar-refractivity contribution in [1.29, 1.82) is 0 Å². The van der Waals surface area contributed by atoms with Crippen LogP contribution < -0.4 is 0 Å². The first-order valence-electron chi connectivity index (χ1n) is 8.44. The molecule has 27 heavy (non-hydrogen) atoms. The fourth-order valence-electron chi connectivity index (χ4n) is 2.54. The monoisotopic (exact) mass is 467 g/mol. The molecule has 0 spiro atoms. The maximum atomic E-state index is 13.0. The van der Waals surface area contributed by atoms with Crippen LogP contribution in [-0.2, 0) is 34.6 Å². The molecule has 0 aliphatic carbocycles. The van der Waals surface area contributed by atoms with Gasteiger partial charge in [0.15, 0.2) is 5.16 Å². The van der Waals surface area contributed by atoms with E-state index >= 15 is 0 Å². The summed E-state index contributed by atoms with van der Waals surface area (Å²) in [7, 11) is -1.06. The largest absolute Gasteiger partial charge is 0.306 e. The van der Waals surface area contributed by atoms with Crippen molar-refractivity contribution in [3.8, 4) is 0 Å². The van der Waals surface area contributed by atoms with E-state index in [0.717, 1.165) is 26.6 Å². The van der Waals surface area contributed by atoms with Gasteiger partial charge in [0.05, 0.1) is 5.75 Å². The Morgan fingerprint density at radius 1 is 1.04 bits per heavy atom. The molecule has 1 unspecified atom stereocenters. The molecule has 0 saturated carbocycles. The molecule has 3 rings (SSSR count). The van der Waals surface area contributed by atoms with Crippen molar-refractivity contribution in [2.75, 3.05) is 0 Å². The summed E-state index contributed by atoms with van der Waals surface area (Å²) < 4.78 is 28.5. The molecule has 2 aromatic carbocycles. The SMILES string of the molecule is CCn1c(CS(=O)Cc2ccc(Br)cc2)nnc1SCc1ccc(F)cc1. The second kappa shape index (κ2) is 9.61. The summed E-state index contributed by atoms with van der Waals surface area (Å²) in [5.41, 5.74) is 2.05. The van der Waals surface area contributed by atoms with Crippen molar-refractivity contribution in [3.05, 3.63) is 75.8 Å². The third kappa shape index (κ3) is 5.73. The smallest absolute Gasteiger partial charge is 0.191 e. The van der Waals surface area contributed by atoms with Gasteiger partial charge in [0.25, 0.3) is 0 Å². The number of halogens is 2. The number of hydrogen-bond donors (Lipinski definition) is 0. The fourth-order valence-corrected chi connectivity index (χ4v) is 4.95. The van der Waals surface area contributed by atoms with Crippen LogP contribution in [0.5, 0.6) is 0 Å². The third-order valence-electron chi connectivity index (χ3n) is 3.92. The molecule has 8 heteroatoms. The highest BCUT2D eigenvalue weighted by Gasteiger charge is 2.14. The summed E-state index contributed by atoms with van der Waals surface area (Å²) in [5.74, 6) is 2.03. The lowest BCUT2D eigenvalue weighted by molar-refractivity contribution is 0.627. The Labute approximate surface area is 173 Å². The minimum absolute atomic E-state index is 0.240. The molecule has 0 aliphatic rings. The van der Waals surface area contributed by atoms with Gasteiger partial charge in [0, 0.05) is 33.3 Å². The van der Waals surface area contributed by atoms with E-state index in [1.54, 1.807) is 23.9 Å². The zero-order chi connectivity index (χ0) is 19.2. The summed E-state index contributed by atoms with van der Waals surface area (Å²) in [6, 6.07) is 14.3. The summed E-state index contributed by atoms with van der Waals surface area (Å²) >= 11 is 4.95. The van der Waals surface area contributed by atoms with E-state index in [9.17, 15) is 8.60 Å². The van der Waals surface area contributed by atoms with Crippen LogP contribution in [0.4, 0.5) is 4.39 Å². The van der Waals surface area contributed by atoms with Gasteiger partial charge in [-0.3, -0.25) is 4.21 Å². The van der Waals surface area contributed by atoms with Gasteiger partial charge < -0.3 is 4.57 Å². The highest BCUT2D eigenvalue weighted by molar-refractivity contribution is 9.10. The van der Waals surface area contributed by atoms with E-state index < -0.39 is 10.8 Å². The van der Waals surface area contributed by atoms with Crippen molar-refractivity contribution >= 4 is 38.5 Å². The second-order valence-corrected chi connectivity index (χ2v) is 9.23. The van der Waals surface area contributed by atoms with Gasteiger partial charge in [-0.25, -0.2) is 4.39 Å². The molecule has 1 heterocycles. The first-order chi connectivity index (χ1) is 13.0. The molecular weight excluding hydrogens is 449 g/mol. The summed E-state index contributed by atoms with van der Waals surface area (Å²) in [4.78, 5) is 0. The van der Waals surface area contributed by atoms with Crippen LogP contribution in [0.15, 0.2) is 58.2 Å². The van der Waals surface area contributed by atoms with Crippen LogP contribution in [0.2, 0.25) is 0 Å². The molecular formula is C19H19BrFN3OS2. The standard InChI is InChI=1S/C19H19BrFN3OS2/c1-2-24-18(13-27(25)12-15-3-7-16(20)8-4-15)22-23-19(24)26-11-14-5-9-17(21)10-6-14/h3-10H,2,11-13H2,1H3. The van der Waals surface area contributed by atoms with Crippen molar-refractivity contribution in [1.82, 2.24) is 14.8 Å². The van der Waals surface area contributed by atoms with Crippen LogP contribution in [0.1, 0.15) is 23.9 Å². The van der Waals surface area contributed by atoms with E-state index in [4.69, 9.17) is 0 Å². The van der Waals surface area contributed by atoms with Crippen molar-refractivity contribution < 1.29 is 8.60 Å². The quantitative estimate of drug-likeness (QED) is 0.440. The van der Waals surface area contributed by atoms with Crippen molar-refractivity contribution in [3.63, 3.8) is 0 Å². The van der Waals surface area contributed by atoms with Gasteiger partial charge in [0.2, 0.25) is 0 Å². The van der Waals surface area contributed by atoms with Gasteiger partial charge in [0.1, 0.15) is 11.6 Å². The predicted octanol–water partition coefficient (Wildman–Crippen LogP) is 4.94. The van der Waals surface area contributed by atoms with Gasteiger partial charge >= 0.3 is 0 Å². The maximum Gasteiger partial charge on any atom is 0.191 e. The number of nitrogens with zero attached hydrogens (tertiary/aromatic N) is 3. The summed E-state index contributed by atoms with van der Waals surface area (Å²) in [5, 5.41) is 9.28. The molecule has 0 fully saturated rings. The Bertz CT molecular complexity index is 914. The number of hydrogen-bond acceptors (Lipinski definition) is 4. The second-order valence-electron chi connectivity index (χ2n) is 5.91. The molecule has 0 amide bonds. The topological polar surface area (TPSA) is 47.8 Å². The molecule has 0 saturated heterocycles. The minimum atomic E-state index is -1.06. The lowest BCUT2D eigenvalue weighted by atomic mass is 10.2. The Morgan fingerprint density at radius 3 is 2.37 bits per heavy atom. The minimum Gasteiger partial charge on any atom is -0.306 e. The highest BCUT2D eigenvalue weighted by atomic mass is 79.9. The molecule has 0 radical (unpaired) electrons. The first kappa shape index (κ1) is 20.2. The molecule has 4 nitrogen and oxygen atoms in total. The normalized spacial score (nSPS) is 12.3. The average molecular weight is 468 g/mol. The van der Waals surface area contributed by atoms with Crippen LogP contribution in [0, 0.1) is 5.82 Å². The number of thioether (sulfide) groups is 1. The zero-order valence-electron chi connectivity index (χ0n) is 14.8. The Balaban J connectivity index is 1.63. The average Bonchev–Trinajstić information content (AvgIpc) is 3.04.